The summed E-state index contributed by atoms with van der Waals surface area (Å²) in [5.74, 6) is 1.10. The molecule has 0 radical (unpaired) electrons. The van der Waals surface area contributed by atoms with E-state index in [-0.39, 0.29) is 53.6 Å². The van der Waals surface area contributed by atoms with E-state index in [4.69, 9.17) is 16.6 Å². The summed E-state index contributed by atoms with van der Waals surface area (Å²) in [6.07, 6.45) is 13.3. The van der Waals surface area contributed by atoms with Gasteiger partial charge in [0.05, 0.1) is 60.9 Å². The van der Waals surface area contributed by atoms with Crippen LogP contribution >= 0.6 is 22.9 Å². The van der Waals surface area contributed by atoms with Crippen molar-refractivity contribution in [2.45, 2.75) is 145 Å². The molecule has 75 heavy (non-hydrogen) atoms. The number of benzene rings is 3. The molecule has 392 valence electrons. The van der Waals surface area contributed by atoms with Crippen LogP contribution in [0.25, 0.3) is 27.0 Å². The molecule has 4 aliphatic heterocycles. The van der Waals surface area contributed by atoms with Gasteiger partial charge in [-0.2, -0.15) is 4.98 Å². The maximum Gasteiger partial charge on any atom is 0.282 e. The maximum absolute atomic E-state index is 14.9. The van der Waals surface area contributed by atoms with Crippen LogP contribution in [0.15, 0.2) is 77.2 Å². The number of aromatic nitrogens is 6. The molecule has 6 aliphatic rings. The molecule has 3 aromatic heterocycles. The number of hydrogen-bond acceptors (Lipinski definition) is 11. The Labute approximate surface area is 446 Å². The molecule has 5 fully saturated rings. The lowest BCUT2D eigenvalue weighted by Crippen LogP contribution is -2.51. The van der Waals surface area contributed by atoms with Crippen LogP contribution in [0.1, 0.15) is 155 Å². The van der Waals surface area contributed by atoms with E-state index in [9.17, 15) is 24.3 Å². The quantitative estimate of drug-likeness (QED) is 0.114. The smallest absolute Gasteiger partial charge is 0.282 e. The molecule has 6 aromatic rings. The molecule has 3 amide bonds. The SMILES string of the molecule is Cc1ncsc1-c1ccc([C@H](C)NC(=O)[C@@H]2C[C@@H](O)CN2C(=O)C(C2CCN(C(=O)CCCN3CCC(c4ccc5c(c4)-n4c(nc(=O)c6c(Cl)cccc64)C54CCCCC4)CC3)CC2)n2cc(C3CC3)nn2)cc1. The number of carbonyl (C=O) groups is 3. The van der Waals surface area contributed by atoms with Crippen LogP contribution in [-0.4, -0.2) is 118 Å². The molecule has 1 unspecified atom stereocenters. The van der Waals surface area contributed by atoms with Crippen LogP contribution < -0.4 is 10.9 Å². The van der Waals surface area contributed by atoms with Gasteiger partial charge in [0.2, 0.25) is 17.7 Å². The van der Waals surface area contributed by atoms with E-state index in [0.717, 1.165) is 122 Å². The van der Waals surface area contributed by atoms with Crippen molar-refractivity contribution >= 4 is 51.6 Å². The van der Waals surface area contributed by atoms with Gasteiger partial charge in [-0.05, 0) is 144 Å². The molecule has 2 N–H and O–H groups in total. The van der Waals surface area contributed by atoms with Gasteiger partial charge in [-0.25, -0.2) is 9.67 Å². The van der Waals surface area contributed by atoms with Crippen molar-refractivity contribution in [1.82, 2.24) is 49.5 Å². The molecule has 15 nitrogen and oxygen atoms in total. The fourth-order valence-electron chi connectivity index (χ4n) is 13.4. The minimum atomic E-state index is -0.838. The third-order valence-corrected chi connectivity index (χ3v) is 19.0. The lowest BCUT2D eigenvalue weighted by atomic mass is 9.69. The topological polar surface area (TPSA) is 172 Å². The third kappa shape index (κ3) is 9.52. The molecule has 3 aromatic carbocycles. The zero-order valence-corrected chi connectivity index (χ0v) is 44.6. The van der Waals surface area contributed by atoms with Gasteiger partial charge in [0.15, 0.2) is 0 Å². The molecule has 17 heteroatoms. The number of carbonyl (C=O) groups excluding carboxylic acids is 3. The van der Waals surface area contributed by atoms with E-state index in [1.165, 1.54) is 17.5 Å². The third-order valence-electron chi connectivity index (χ3n) is 17.7. The number of likely N-dealkylation sites (tertiary alicyclic amines) is 3. The van der Waals surface area contributed by atoms with Crippen LogP contribution in [0.4, 0.5) is 0 Å². The number of aliphatic hydroxyl groups excluding tert-OH is 1. The summed E-state index contributed by atoms with van der Waals surface area (Å²) in [6.45, 7) is 7.85. The first-order valence-corrected chi connectivity index (χ1v) is 28.8. The summed E-state index contributed by atoms with van der Waals surface area (Å²) >= 11 is 8.23. The molecule has 2 saturated carbocycles. The highest BCUT2D eigenvalue weighted by Crippen LogP contribution is 2.52. The van der Waals surface area contributed by atoms with Crippen molar-refractivity contribution in [1.29, 1.82) is 0 Å². The summed E-state index contributed by atoms with van der Waals surface area (Å²) in [5.41, 5.74) is 9.80. The average Bonchev–Trinajstić information content (AvgIpc) is 3.70. The van der Waals surface area contributed by atoms with Crippen molar-refractivity contribution in [3.8, 4) is 16.1 Å². The second kappa shape index (κ2) is 20.6. The molecular weight excluding hydrogens is 984 g/mol. The lowest BCUT2D eigenvalue weighted by Gasteiger charge is -2.37. The molecule has 1 spiro atoms. The van der Waals surface area contributed by atoms with Gasteiger partial charge in [0.1, 0.15) is 17.9 Å². The Kier molecular flexibility index (Phi) is 13.8. The number of fused-ring (bicyclic) bond motifs is 7. The van der Waals surface area contributed by atoms with E-state index >= 15 is 0 Å². The number of thiazole rings is 1. The summed E-state index contributed by atoms with van der Waals surface area (Å²) in [4.78, 5) is 72.5. The fraction of sp³-hybridized carbons (Fsp3) is 0.517. The van der Waals surface area contributed by atoms with Crippen molar-refractivity contribution in [2.75, 3.05) is 39.3 Å². The second-order valence-electron chi connectivity index (χ2n) is 22.4. The monoisotopic (exact) mass is 1050 g/mol. The minimum absolute atomic E-state index is 0.0588. The summed E-state index contributed by atoms with van der Waals surface area (Å²) in [6, 6.07) is 19.0. The lowest BCUT2D eigenvalue weighted by molar-refractivity contribution is -0.144. The largest absolute Gasteiger partial charge is 0.391 e. The predicted molar refractivity (Wildman–Crippen MR) is 289 cm³/mol. The summed E-state index contributed by atoms with van der Waals surface area (Å²) in [7, 11) is 0. The van der Waals surface area contributed by atoms with Crippen molar-refractivity contribution < 1.29 is 19.5 Å². The van der Waals surface area contributed by atoms with Gasteiger partial charge >= 0.3 is 0 Å². The van der Waals surface area contributed by atoms with Crippen LogP contribution in [0.2, 0.25) is 5.02 Å². The number of aryl methyl sites for hydroxylation is 1. The molecular formula is C58H67ClN10O5S. The zero-order chi connectivity index (χ0) is 51.5. The number of nitrogens with zero attached hydrogens (tertiary/aromatic N) is 9. The highest BCUT2D eigenvalue weighted by atomic mass is 35.5. The Morgan fingerprint density at radius 1 is 0.933 bits per heavy atom. The van der Waals surface area contributed by atoms with Gasteiger partial charge in [0, 0.05) is 44.6 Å². The van der Waals surface area contributed by atoms with Crippen molar-refractivity contribution in [2.24, 2.45) is 5.92 Å². The van der Waals surface area contributed by atoms with Gasteiger partial charge in [-0.15, -0.1) is 16.4 Å². The number of piperidine rings is 2. The maximum atomic E-state index is 14.9. The van der Waals surface area contributed by atoms with Crippen LogP contribution in [0.5, 0.6) is 0 Å². The number of rotatable bonds is 13. The van der Waals surface area contributed by atoms with E-state index in [1.54, 1.807) is 27.0 Å². The standard InChI is InChI=1S/C58H67ClN10O5S/c1-35(37-11-15-41(16-12-37)53-36(2)60-34-75-53)61-54(72)49-31-43(70)32-67(49)56(74)52(68-33-46(63-64-68)39-13-14-39)40-21-28-66(29-22-40)50(71)10-7-25-65-26-19-38(20-27-65)42-17-18-44-48(30-42)69-47-9-6-8-45(59)51(47)55(73)62-57(69)58(44)23-4-3-5-24-58/h6,8-9,11-12,15-18,30,33-35,38-40,43,49,52,70H,3-5,7,10,13-14,19-29,31-32H2,1-2H3,(H,61,72)/t35-,43+,49-,52?/m0/s1. The first kappa shape index (κ1) is 50.0. The number of aliphatic hydroxyl groups is 1. The normalized spacial score (nSPS) is 21.9. The highest BCUT2D eigenvalue weighted by molar-refractivity contribution is 7.13. The number of β-amino-alcohol motifs (C(OH)–C–C–N with tert-alkyl or cyclic N) is 1. The Hall–Kier alpha value is -5.81. The van der Waals surface area contributed by atoms with E-state index in [0.29, 0.717) is 54.6 Å². The van der Waals surface area contributed by atoms with Gasteiger partial charge in [-0.1, -0.05) is 78.5 Å². The number of halogens is 1. The molecule has 0 bridgehead atoms. The molecule has 3 saturated heterocycles. The summed E-state index contributed by atoms with van der Waals surface area (Å²) in [5, 5.41) is 24.0. The van der Waals surface area contributed by atoms with Gasteiger partial charge in [-0.3, -0.25) is 23.7 Å². The van der Waals surface area contributed by atoms with Crippen LogP contribution in [-0.2, 0) is 19.8 Å². The van der Waals surface area contributed by atoms with Gasteiger partial charge in [0.25, 0.3) is 5.56 Å². The number of nitrogens with one attached hydrogen (secondary N) is 1. The Morgan fingerprint density at radius 2 is 1.71 bits per heavy atom. The number of amides is 3. The second-order valence-corrected chi connectivity index (χ2v) is 23.7. The number of hydrogen-bond donors (Lipinski definition) is 2. The van der Waals surface area contributed by atoms with Crippen LogP contribution in [0, 0.1) is 12.8 Å². The Balaban J connectivity index is 0.657. The summed E-state index contributed by atoms with van der Waals surface area (Å²) < 4.78 is 3.94. The Bertz CT molecular complexity index is 3180. The zero-order valence-electron chi connectivity index (χ0n) is 43.0. The first-order valence-electron chi connectivity index (χ1n) is 27.5. The predicted octanol–water partition coefficient (Wildman–Crippen LogP) is 8.78. The van der Waals surface area contributed by atoms with E-state index in [1.807, 2.05) is 66.9 Å². The van der Waals surface area contributed by atoms with E-state index < -0.39 is 18.2 Å². The van der Waals surface area contributed by atoms with Gasteiger partial charge < -0.3 is 25.1 Å². The van der Waals surface area contributed by atoms with Crippen molar-refractivity contribution in [3.05, 3.63) is 122 Å². The molecule has 12 rings (SSSR count). The average molecular weight is 1050 g/mol. The van der Waals surface area contributed by atoms with Crippen LogP contribution in [0.3, 0.4) is 0 Å². The molecule has 4 atom stereocenters. The van der Waals surface area contributed by atoms with E-state index in [2.05, 4.69) is 48.3 Å². The molecule has 2 aliphatic carbocycles. The highest BCUT2D eigenvalue weighted by Gasteiger charge is 2.48. The molecule has 7 heterocycles. The first-order chi connectivity index (χ1) is 36.4. The fourth-order valence-corrected chi connectivity index (χ4v) is 14.5. The Morgan fingerprint density at radius 3 is 2.44 bits per heavy atom. The van der Waals surface area contributed by atoms with Crippen molar-refractivity contribution in [3.63, 3.8) is 0 Å². The minimum Gasteiger partial charge on any atom is -0.391 e.